The minimum atomic E-state index is -2.05. The van der Waals surface area contributed by atoms with Crippen molar-refractivity contribution < 1.29 is 19.0 Å². The molecule has 1 rings (SSSR count). The average Bonchev–Trinajstić information content (AvgIpc) is 2.27. The zero-order valence-electron chi connectivity index (χ0n) is 8.24. The molecule has 0 bridgehead atoms. The zero-order chi connectivity index (χ0) is 11.5. The van der Waals surface area contributed by atoms with Crippen LogP contribution in [0.4, 0.5) is 4.39 Å². The minimum absolute atomic E-state index is 0.127. The van der Waals surface area contributed by atoms with Crippen molar-refractivity contribution in [3.05, 3.63) is 29.8 Å². The normalized spacial score (nSPS) is 14.3. The van der Waals surface area contributed by atoms with E-state index >= 15 is 0 Å². The quantitative estimate of drug-likeness (QED) is 0.779. The summed E-state index contributed by atoms with van der Waals surface area (Å²) in [6, 6.07) is 6.21. The number of methoxy groups -OCH3 is 1. The van der Waals surface area contributed by atoms with E-state index in [0.717, 1.165) is 0 Å². The van der Waals surface area contributed by atoms with E-state index in [1.165, 1.54) is 19.2 Å². The molecule has 0 fully saturated rings. The third-order valence-electron chi connectivity index (χ3n) is 2.18. The molecule has 0 radical (unpaired) electrons. The van der Waals surface area contributed by atoms with Crippen molar-refractivity contribution in [2.24, 2.45) is 5.73 Å². The number of benzene rings is 1. The lowest BCUT2D eigenvalue weighted by Crippen LogP contribution is -2.47. The molecule has 3 N–H and O–H groups in total. The molecule has 4 nitrogen and oxygen atoms in total. The molecule has 0 aliphatic heterocycles. The highest BCUT2D eigenvalue weighted by Crippen LogP contribution is 2.28. The maximum absolute atomic E-state index is 12.7. The summed E-state index contributed by atoms with van der Waals surface area (Å²) < 4.78 is 17.7. The lowest BCUT2D eigenvalue weighted by molar-refractivity contribution is -0.144. The van der Waals surface area contributed by atoms with E-state index < -0.39 is 18.2 Å². The SMILES string of the molecule is COc1ccccc1C(N)(CF)C(=O)O. The van der Waals surface area contributed by atoms with E-state index in [9.17, 15) is 9.18 Å². The molecule has 0 heterocycles. The Morgan fingerprint density at radius 1 is 1.60 bits per heavy atom. The molecule has 1 atom stereocenters. The smallest absolute Gasteiger partial charge is 0.331 e. The van der Waals surface area contributed by atoms with Gasteiger partial charge in [-0.2, -0.15) is 0 Å². The second kappa shape index (κ2) is 4.27. The minimum Gasteiger partial charge on any atom is -0.496 e. The molecule has 0 saturated heterocycles. The first-order valence-corrected chi connectivity index (χ1v) is 4.28. The largest absolute Gasteiger partial charge is 0.496 e. The molecular weight excluding hydrogens is 201 g/mol. The van der Waals surface area contributed by atoms with Gasteiger partial charge < -0.3 is 15.6 Å². The van der Waals surface area contributed by atoms with Crippen LogP contribution in [0.25, 0.3) is 0 Å². The summed E-state index contributed by atoms with van der Waals surface area (Å²) in [6.45, 7) is -1.19. The van der Waals surface area contributed by atoms with Crippen LogP contribution in [0.2, 0.25) is 0 Å². The summed E-state index contributed by atoms with van der Waals surface area (Å²) in [5.74, 6) is -1.16. The first-order chi connectivity index (χ1) is 7.06. The number of hydrogen-bond donors (Lipinski definition) is 2. The maximum Gasteiger partial charge on any atom is 0.331 e. The third-order valence-corrected chi connectivity index (χ3v) is 2.18. The Morgan fingerprint density at radius 2 is 2.20 bits per heavy atom. The van der Waals surface area contributed by atoms with E-state index in [-0.39, 0.29) is 11.3 Å². The fraction of sp³-hybridized carbons (Fsp3) is 0.300. The number of carbonyl (C=O) groups is 1. The van der Waals surface area contributed by atoms with Crippen LogP contribution in [0.3, 0.4) is 0 Å². The Hall–Kier alpha value is -1.62. The Morgan fingerprint density at radius 3 is 2.67 bits per heavy atom. The molecule has 0 aliphatic rings. The summed E-state index contributed by atoms with van der Waals surface area (Å²) in [4.78, 5) is 10.9. The van der Waals surface area contributed by atoms with E-state index in [1.807, 2.05) is 0 Å². The Labute approximate surface area is 86.5 Å². The van der Waals surface area contributed by atoms with Crippen molar-refractivity contribution in [2.45, 2.75) is 5.54 Å². The number of rotatable bonds is 4. The summed E-state index contributed by atoms with van der Waals surface area (Å²) >= 11 is 0. The lowest BCUT2D eigenvalue weighted by atomic mass is 9.92. The fourth-order valence-corrected chi connectivity index (χ4v) is 1.26. The van der Waals surface area contributed by atoms with Gasteiger partial charge in [0.15, 0.2) is 5.54 Å². The number of aliphatic carboxylic acids is 1. The van der Waals surface area contributed by atoms with E-state index in [1.54, 1.807) is 12.1 Å². The van der Waals surface area contributed by atoms with Gasteiger partial charge in [-0.05, 0) is 6.07 Å². The van der Waals surface area contributed by atoms with Crippen LogP contribution in [0, 0.1) is 0 Å². The molecule has 5 heteroatoms. The molecule has 0 spiro atoms. The van der Waals surface area contributed by atoms with Crippen molar-refractivity contribution in [3.63, 3.8) is 0 Å². The number of nitrogens with two attached hydrogens (primary N) is 1. The zero-order valence-corrected chi connectivity index (χ0v) is 8.24. The average molecular weight is 213 g/mol. The first kappa shape index (κ1) is 11.5. The number of alkyl halides is 1. The molecule has 1 aromatic rings. The van der Waals surface area contributed by atoms with E-state index in [0.29, 0.717) is 0 Å². The van der Waals surface area contributed by atoms with Gasteiger partial charge in [0.2, 0.25) is 0 Å². The highest BCUT2D eigenvalue weighted by Gasteiger charge is 2.38. The van der Waals surface area contributed by atoms with Crippen LogP contribution >= 0.6 is 0 Å². The Kier molecular flexibility index (Phi) is 3.26. The van der Waals surface area contributed by atoms with Crippen LogP contribution in [-0.2, 0) is 10.3 Å². The van der Waals surface area contributed by atoms with Crippen LogP contribution in [0.1, 0.15) is 5.56 Å². The number of carboxylic acids is 1. The van der Waals surface area contributed by atoms with Gasteiger partial charge in [0.05, 0.1) is 7.11 Å². The van der Waals surface area contributed by atoms with E-state index in [2.05, 4.69) is 0 Å². The van der Waals surface area contributed by atoms with Crippen molar-refractivity contribution in [1.29, 1.82) is 0 Å². The van der Waals surface area contributed by atoms with Gasteiger partial charge in [-0.1, -0.05) is 18.2 Å². The van der Waals surface area contributed by atoms with Crippen molar-refractivity contribution in [3.8, 4) is 5.75 Å². The van der Waals surface area contributed by atoms with Crippen LogP contribution in [-0.4, -0.2) is 24.9 Å². The predicted octanol–water partition coefficient (Wildman–Crippen LogP) is 0.903. The van der Waals surface area contributed by atoms with Crippen molar-refractivity contribution >= 4 is 5.97 Å². The van der Waals surface area contributed by atoms with E-state index in [4.69, 9.17) is 15.6 Å². The Balaban J connectivity index is 3.29. The summed E-state index contributed by atoms with van der Waals surface area (Å²) in [6.07, 6.45) is 0. The summed E-state index contributed by atoms with van der Waals surface area (Å²) in [7, 11) is 1.37. The molecule has 0 aliphatic carbocycles. The monoisotopic (exact) mass is 213 g/mol. The van der Waals surface area contributed by atoms with Crippen LogP contribution in [0.5, 0.6) is 5.75 Å². The maximum atomic E-state index is 12.7. The first-order valence-electron chi connectivity index (χ1n) is 4.28. The molecular formula is C10H12FNO3. The van der Waals surface area contributed by atoms with Gasteiger partial charge in [-0.15, -0.1) is 0 Å². The standard InChI is InChI=1S/C10H12FNO3/c1-15-8-5-3-2-4-7(8)10(12,6-11)9(13)14/h2-5H,6,12H2,1H3,(H,13,14). The number of hydrogen-bond acceptors (Lipinski definition) is 3. The number of halogens is 1. The number of ether oxygens (including phenoxy) is 1. The fourth-order valence-electron chi connectivity index (χ4n) is 1.26. The van der Waals surface area contributed by atoms with Crippen molar-refractivity contribution in [1.82, 2.24) is 0 Å². The Bertz CT molecular complexity index is 369. The lowest BCUT2D eigenvalue weighted by Gasteiger charge is -2.23. The molecule has 0 amide bonds. The van der Waals surface area contributed by atoms with Crippen LogP contribution in [0.15, 0.2) is 24.3 Å². The van der Waals surface area contributed by atoms with Gasteiger partial charge in [-0.3, -0.25) is 0 Å². The molecule has 1 aromatic carbocycles. The van der Waals surface area contributed by atoms with Gasteiger partial charge >= 0.3 is 5.97 Å². The summed E-state index contributed by atoms with van der Waals surface area (Å²) in [5, 5.41) is 8.89. The molecule has 0 aromatic heterocycles. The number of carboxylic acid groups (broad SMARTS) is 1. The molecule has 82 valence electrons. The second-order valence-corrected chi connectivity index (χ2v) is 3.11. The van der Waals surface area contributed by atoms with Crippen LogP contribution < -0.4 is 10.5 Å². The topological polar surface area (TPSA) is 72.5 Å². The van der Waals surface area contributed by atoms with Gasteiger partial charge in [0.25, 0.3) is 0 Å². The molecule has 15 heavy (non-hydrogen) atoms. The second-order valence-electron chi connectivity index (χ2n) is 3.11. The third kappa shape index (κ3) is 1.92. The number of para-hydroxylation sites is 1. The van der Waals surface area contributed by atoms with Gasteiger partial charge in [0.1, 0.15) is 12.4 Å². The highest BCUT2D eigenvalue weighted by atomic mass is 19.1. The molecule has 1 unspecified atom stereocenters. The van der Waals surface area contributed by atoms with Crippen molar-refractivity contribution in [2.75, 3.05) is 13.8 Å². The van der Waals surface area contributed by atoms with Gasteiger partial charge in [-0.25, -0.2) is 9.18 Å². The molecule has 0 saturated carbocycles. The highest BCUT2D eigenvalue weighted by molar-refractivity contribution is 5.81. The predicted molar refractivity (Wildman–Crippen MR) is 52.5 cm³/mol. The van der Waals surface area contributed by atoms with Gasteiger partial charge in [0, 0.05) is 5.56 Å². The summed E-state index contributed by atoms with van der Waals surface area (Å²) in [5.41, 5.74) is 3.56.